The van der Waals surface area contributed by atoms with Gasteiger partial charge in [0.05, 0.1) is 17.2 Å². The van der Waals surface area contributed by atoms with Gasteiger partial charge in [-0.25, -0.2) is 4.39 Å². The summed E-state index contributed by atoms with van der Waals surface area (Å²) >= 11 is 5.87. The number of anilines is 1. The number of unbranched alkanes of at least 4 members (excludes halogenated alkanes) is 1. The molecule has 0 saturated carbocycles. The van der Waals surface area contributed by atoms with Gasteiger partial charge >= 0.3 is 0 Å². The minimum Gasteiger partial charge on any atom is -0.494 e. The zero-order chi connectivity index (χ0) is 15.9. The van der Waals surface area contributed by atoms with Crippen molar-refractivity contribution >= 4 is 23.2 Å². The maximum atomic E-state index is 13.7. The molecule has 0 unspecified atom stereocenters. The molecule has 0 fully saturated rings. The fourth-order valence-electron chi connectivity index (χ4n) is 1.88. The number of carbonyl (C=O) groups is 1. The molecule has 0 aliphatic heterocycles. The molecule has 5 heteroatoms. The molecular formula is C17H17ClFNO2. The number of benzene rings is 2. The molecule has 0 aromatic heterocycles. The van der Waals surface area contributed by atoms with E-state index in [0.29, 0.717) is 12.3 Å². The van der Waals surface area contributed by atoms with Crippen LogP contribution in [0, 0.1) is 5.82 Å². The Kier molecular flexibility index (Phi) is 5.78. The highest BCUT2D eigenvalue weighted by Crippen LogP contribution is 2.21. The average molecular weight is 322 g/mol. The van der Waals surface area contributed by atoms with Crippen molar-refractivity contribution in [1.29, 1.82) is 0 Å². The third kappa shape index (κ3) is 4.21. The van der Waals surface area contributed by atoms with E-state index in [4.69, 9.17) is 16.3 Å². The maximum Gasteiger partial charge on any atom is 0.260 e. The molecule has 3 nitrogen and oxygen atoms in total. The van der Waals surface area contributed by atoms with E-state index in [1.807, 2.05) is 0 Å². The number of hydrogen-bond donors (Lipinski definition) is 1. The number of nitrogens with one attached hydrogen (secondary N) is 1. The third-order valence-electron chi connectivity index (χ3n) is 3.07. The lowest BCUT2D eigenvalue weighted by Gasteiger charge is -2.09. The molecule has 0 bridgehead atoms. The van der Waals surface area contributed by atoms with Crippen molar-refractivity contribution in [3.05, 3.63) is 58.9 Å². The van der Waals surface area contributed by atoms with Gasteiger partial charge in [-0.2, -0.15) is 0 Å². The summed E-state index contributed by atoms with van der Waals surface area (Å²) in [7, 11) is 0. The Balaban J connectivity index is 2.03. The smallest absolute Gasteiger partial charge is 0.260 e. The summed E-state index contributed by atoms with van der Waals surface area (Å²) < 4.78 is 19.2. The normalized spacial score (nSPS) is 10.3. The summed E-state index contributed by atoms with van der Waals surface area (Å²) in [5.41, 5.74) is 0.389. The van der Waals surface area contributed by atoms with Crippen LogP contribution in [0.25, 0.3) is 0 Å². The van der Waals surface area contributed by atoms with Gasteiger partial charge in [0.25, 0.3) is 5.91 Å². The minimum absolute atomic E-state index is 0.0806. The van der Waals surface area contributed by atoms with Crippen molar-refractivity contribution in [2.75, 3.05) is 11.9 Å². The van der Waals surface area contributed by atoms with Gasteiger partial charge in [-0.1, -0.05) is 31.0 Å². The van der Waals surface area contributed by atoms with E-state index >= 15 is 0 Å². The van der Waals surface area contributed by atoms with E-state index in [1.165, 1.54) is 18.2 Å². The molecule has 22 heavy (non-hydrogen) atoms. The fraction of sp³-hybridized carbons (Fsp3) is 0.235. The van der Waals surface area contributed by atoms with Gasteiger partial charge in [-0.15, -0.1) is 0 Å². The summed E-state index contributed by atoms with van der Waals surface area (Å²) in [4.78, 5) is 12.1. The molecule has 0 heterocycles. The van der Waals surface area contributed by atoms with Crippen LogP contribution < -0.4 is 10.1 Å². The van der Waals surface area contributed by atoms with Gasteiger partial charge < -0.3 is 10.1 Å². The Bertz CT molecular complexity index is 623. The molecule has 1 amide bonds. The van der Waals surface area contributed by atoms with E-state index in [9.17, 15) is 9.18 Å². The first-order valence-electron chi connectivity index (χ1n) is 7.10. The summed E-state index contributed by atoms with van der Waals surface area (Å²) in [5, 5.41) is 2.70. The molecule has 2 aromatic rings. The topological polar surface area (TPSA) is 38.3 Å². The third-order valence-corrected chi connectivity index (χ3v) is 3.38. The van der Waals surface area contributed by atoms with E-state index in [0.717, 1.165) is 18.6 Å². The van der Waals surface area contributed by atoms with Crippen molar-refractivity contribution < 1.29 is 13.9 Å². The van der Waals surface area contributed by atoms with Crippen molar-refractivity contribution in [2.45, 2.75) is 19.8 Å². The van der Waals surface area contributed by atoms with Crippen LogP contribution in [0.1, 0.15) is 30.1 Å². The van der Waals surface area contributed by atoms with Gasteiger partial charge in [0.2, 0.25) is 0 Å². The minimum atomic E-state index is -0.649. The molecule has 0 atom stereocenters. The van der Waals surface area contributed by atoms with E-state index < -0.39 is 11.7 Å². The average Bonchev–Trinajstić information content (AvgIpc) is 2.49. The number of rotatable bonds is 6. The molecule has 1 N–H and O–H groups in total. The SMILES string of the molecule is CCCCOc1ccc(NC(=O)c2c(F)cccc2Cl)cc1. The van der Waals surface area contributed by atoms with Crippen LogP contribution in [0.5, 0.6) is 5.75 Å². The lowest BCUT2D eigenvalue weighted by atomic mass is 10.2. The first-order valence-corrected chi connectivity index (χ1v) is 7.48. The number of hydrogen-bond acceptors (Lipinski definition) is 2. The first-order chi connectivity index (χ1) is 10.6. The molecule has 2 aromatic carbocycles. The second kappa shape index (κ2) is 7.80. The van der Waals surface area contributed by atoms with Crippen LogP contribution in [-0.2, 0) is 0 Å². The molecule has 2 rings (SSSR count). The molecule has 0 saturated heterocycles. The van der Waals surface area contributed by atoms with E-state index in [1.54, 1.807) is 24.3 Å². The molecule has 0 aliphatic rings. The van der Waals surface area contributed by atoms with Crippen molar-refractivity contribution in [1.82, 2.24) is 0 Å². The Hall–Kier alpha value is -2.07. The molecule has 116 valence electrons. The molecule has 0 aliphatic carbocycles. The van der Waals surface area contributed by atoms with Crippen LogP contribution >= 0.6 is 11.6 Å². The highest BCUT2D eigenvalue weighted by Gasteiger charge is 2.15. The summed E-state index contributed by atoms with van der Waals surface area (Å²) in [6.07, 6.45) is 2.06. The predicted molar refractivity (Wildman–Crippen MR) is 86.2 cm³/mol. The largest absolute Gasteiger partial charge is 0.494 e. The Morgan fingerprint density at radius 1 is 1.23 bits per heavy atom. The molecule has 0 spiro atoms. The monoisotopic (exact) mass is 321 g/mol. The second-order valence-electron chi connectivity index (χ2n) is 4.78. The number of ether oxygens (including phenoxy) is 1. The van der Waals surface area contributed by atoms with Gasteiger partial charge in [-0.05, 0) is 42.8 Å². The molecular weight excluding hydrogens is 305 g/mol. The molecule has 0 radical (unpaired) electrons. The first kappa shape index (κ1) is 16.3. The maximum absolute atomic E-state index is 13.7. The Labute approximate surface area is 134 Å². The lowest BCUT2D eigenvalue weighted by molar-refractivity contribution is 0.102. The number of amides is 1. The number of carbonyl (C=O) groups excluding carboxylic acids is 1. The van der Waals surface area contributed by atoms with Crippen LogP contribution in [0.15, 0.2) is 42.5 Å². The lowest BCUT2D eigenvalue weighted by Crippen LogP contribution is -2.14. The highest BCUT2D eigenvalue weighted by atomic mass is 35.5. The highest BCUT2D eigenvalue weighted by molar-refractivity contribution is 6.34. The summed E-state index contributed by atoms with van der Waals surface area (Å²) in [6.45, 7) is 2.75. The van der Waals surface area contributed by atoms with Gasteiger partial charge in [0.15, 0.2) is 0 Å². The van der Waals surface area contributed by atoms with Crippen molar-refractivity contribution in [2.24, 2.45) is 0 Å². The Morgan fingerprint density at radius 3 is 2.59 bits per heavy atom. The van der Waals surface area contributed by atoms with Crippen LogP contribution in [0.2, 0.25) is 5.02 Å². The summed E-state index contributed by atoms with van der Waals surface area (Å²) in [6, 6.07) is 11.1. The van der Waals surface area contributed by atoms with Gasteiger partial charge in [0.1, 0.15) is 11.6 Å². The summed E-state index contributed by atoms with van der Waals surface area (Å²) in [5.74, 6) is -0.498. The zero-order valence-electron chi connectivity index (χ0n) is 12.2. The number of halogens is 2. The van der Waals surface area contributed by atoms with E-state index in [2.05, 4.69) is 12.2 Å². The van der Waals surface area contributed by atoms with E-state index in [-0.39, 0.29) is 10.6 Å². The quantitative estimate of drug-likeness (QED) is 0.768. The fourth-order valence-corrected chi connectivity index (χ4v) is 2.13. The zero-order valence-corrected chi connectivity index (χ0v) is 13.0. The standard InChI is InChI=1S/C17H17ClFNO2/c1-2-3-11-22-13-9-7-12(8-10-13)20-17(21)16-14(18)5-4-6-15(16)19/h4-10H,2-3,11H2,1H3,(H,20,21). The van der Waals surface area contributed by atoms with Crippen molar-refractivity contribution in [3.8, 4) is 5.75 Å². The van der Waals surface area contributed by atoms with Gasteiger partial charge in [-0.3, -0.25) is 4.79 Å². The van der Waals surface area contributed by atoms with Crippen LogP contribution in [0.4, 0.5) is 10.1 Å². The predicted octanol–water partition coefficient (Wildman–Crippen LogP) is 4.91. The van der Waals surface area contributed by atoms with Crippen LogP contribution in [0.3, 0.4) is 0 Å². The van der Waals surface area contributed by atoms with Crippen LogP contribution in [-0.4, -0.2) is 12.5 Å². The second-order valence-corrected chi connectivity index (χ2v) is 5.18. The van der Waals surface area contributed by atoms with Gasteiger partial charge in [0, 0.05) is 5.69 Å². The van der Waals surface area contributed by atoms with Crippen molar-refractivity contribution in [3.63, 3.8) is 0 Å². The Morgan fingerprint density at radius 2 is 1.95 bits per heavy atom.